The molecule has 1 aliphatic rings. The number of hydrogen-bond acceptors (Lipinski definition) is 2. The first-order valence-corrected chi connectivity index (χ1v) is 6.63. The van der Waals surface area contributed by atoms with E-state index in [4.69, 9.17) is 5.73 Å². The van der Waals surface area contributed by atoms with Crippen molar-refractivity contribution in [3.8, 4) is 0 Å². The maximum Gasteiger partial charge on any atom is 0.231 e. The Bertz CT molecular complexity index is 404. The van der Waals surface area contributed by atoms with Crippen molar-refractivity contribution in [1.29, 1.82) is 0 Å². The number of carbonyl (C=O) groups excluding carboxylic acids is 1. The molecule has 1 saturated carbocycles. The van der Waals surface area contributed by atoms with Crippen LogP contribution in [0.4, 0.5) is 0 Å². The normalized spacial score (nSPS) is 23.5. The fourth-order valence-electron chi connectivity index (χ4n) is 2.43. The van der Waals surface area contributed by atoms with Gasteiger partial charge in [-0.2, -0.15) is 0 Å². The lowest BCUT2D eigenvalue weighted by molar-refractivity contribution is -0.131. The smallest absolute Gasteiger partial charge is 0.231 e. The highest BCUT2D eigenvalue weighted by atomic mass is 16.2. The van der Waals surface area contributed by atoms with E-state index in [0.29, 0.717) is 12.5 Å². The summed E-state index contributed by atoms with van der Waals surface area (Å²) >= 11 is 0. The van der Waals surface area contributed by atoms with Crippen LogP contribution in [-0.2, 0) is 4.79 Å². The van der Waals surface area contributed by atoms with Crippen LogP contribution in [-0.4, -0.2) is 30.9 Å². The largest absolute Gasteiger partial charge is 0.345 e. The monoisotopic (exact) mass is 246 g/mol. The highest BCUT2D eigenvalue weighted by Crippen LogP contribution is 2.38. The molecule has 3 heteroatoms. The number of carbonyl (C=O) groups is 1. The number of nitrogens with zero attached hydrogens (tertiary/aromatic N) is 1. The van der Waals surface area contributed by atoms with E-state index in [-0.39, 0.29) is 11.8 Å². The number of benzene rings is 1. The van der Waals surface area contributed by atoms with E-state index >= 15 is 0 Å². The first-order chi connectivity index (χ1) is 8.63. The summed E-state index contributed by atoms with van der Waals surface area (Å²) in [6.07, 6.45) is 1.25. The van der Waals surface area contributed by atoms with Crippen LogP contribution in [0.5, 0.6) is 0 Å². The van der Waals surface area contributed by atoms with Crippen LogP contribution in [0.25, 0.3) is 0 Å². The number of rotatable bonds is 5. The Balaban J connectivity index is 2.01. The van der Waals surface area contributed by atoms with Crippen molar-refractivity contribution in [1.82, 2.24) is 4.90 Å². The predicted octanol–water partition coefficient (Wildman–Crippen LogP) is 1.84. The summed E-state index contributed by atoms with van der Waals surface area (Å²) in [5, 5.41) is 0. The van der Waals surface area contributed by atoms with Crippen LogP contribution in [0.1, 0.15) is 24.8 Å². The maximum atomic E-state index is 12.4. The molecule has 0 radical (unpaired) electrons. The minimum absolute atomic E-state index is 0.141. The molecule has 98 valence electrons. The molecular weight excluding hydrogens is 224 g/mol. The average Bonchev–Trinajstić information content (AvgIpc) is 3.07. The minimum atomic E-state index is -0.203. The molecule has 0 aliphatic heterocycles. The Labute approximate surface area is 109 Å². The van der Waals surface area contributed by atoms with Gasteiger partial charge in [0.15, 0.2) is 0 Å². The summed E-state index contributed by atoms with van der Waals surface area (Å²) in [4.78, 5) is 14.2. The zero-order valence-corrected chi connectivity index (χ0v) is 11.2. The van der Waals surface area contributed by atoms with Gasteiger partial charge in [-0.25, -0.2) is 0 Å². The van der Waals surface area contributed by atoms with Gasteiger partial charge in [0.1, 0.15) is 0 Å². The number of likely N-dealkylation sites (N-methyl/N-ethyl adjacent to an activating group) is 1. The number of amides is 1. The second-order valence-corrected chi connectivity index (χ2v) is 5.39. The second-order valence-electron chi connectivity index (χ2n) is 5.39. The van der Waals surface area contributed by atoms with E-state index in [9.17, 15) is 4.79 Å². The Morgan fingerprint density at radius 2 is 2.06 bits per heavy atom. The minimum Gasteiger partial charge on any atom is -0.345 e. The van der Waals surface area contributed by atoms with Crippen molar-refractivity contribution < 1.29 is 4.79 Å². The number of nitrogens with two attached hydrogens (primary N) is 1. The van der Waals surface area contributed by atoms with Gasteiger partial charge in [-0.3, -0.25) is 4.79 Å². The summed E-state index contributed by atoms with van der Waals surface area (Å²) in [6, 6.07) is 9.81. The molecule has 2 rings (SSSR count). The Kier molecular flexibility index (Phi) is 4.02. The van der Waals surface area contributed by atoms with Crippen LogP contribution in [0.15, 0.2) is 30.3 Å². The van der Waals surface area contributed by atoms with Gasteiger partial charge in [0.25, 0.3) is 0 Å². The van der Waals surface area contributed by atoms with Crippen LogP contribution >= 0.6 is 0 Å². The van der Waals surface area contributed by atoms with E-state index in [1.807, 2.05) is 42.3 Å². The highest BCUT2D eigenvalue weighted by Gasteiger charge is 2.35. The average molecular weight is 246 g/mol. The van der Waals surface area contributed by atoms with Gasteiger partial charge in [0.05, 0.1) is 5.92 Å². The third-order valence-corrected chi connectivity index (χ3v) is 3.90. The quantitative estimate of drug-likeness (QED) is 0.861. The molecule has 0 saturated heterocycles. The van der Waals surface area contributed by atoms with Gasteiger partial charge in [-0.1, -0.05) is 37.3 Å². The molecule has 3 nitrogen and oxygen atoms in total. The lowest BCUT2D eigenvalue weighted by Gasteiger charge is -2.23. The van der Waals surface area contributed by atoms with Crippen molar-refractivity contribution >= 4 is 5.91 Å². The lowest BCUT2D eigenvalue weighted by atomic mass is 9.98. The van der Waals surface area contributed by atoms with Gasteiger partial charge < -0.3 is 10.6 Å². The molecule has 1 fully saturated rings. The molecule has 0 heterocycles. The van der Waals surface area contributed by atoms with E-state index < -0.39 is 0 Å². The zero-order valence-electron chi connectivity index (χ0n) is 11.2. The molecular formula is C15H22N2O. The lowest BCUT2D eigenvalue weighted by Crippen LogP contribution is -2.36. The second kappa shape index (κ2) is 5.53. The third kappa shape index (κ3) is 2.91. The van der Waals surface area contributed by atoms with Crippen molar-refractivity contribution in [3.63, 3.8) is 0 Å². The molecule has 1 aromatic carbocycles. The fraction of sp³-hybridized carbons (Fsp3) is 0.533. The molecule has 1 aliphatic carbocycles. The molecule has 0 spiro atoms. The first-order valence-electron chi connectivity index (χ1n) is 6.63. The molecule has 2 N–H and O–H groups in total. The van der Waals surface area contributed by atoms with E-state index in [1.165, 1.54) is 6.42 Å². The first kappa shape index (κ1) is 13.1. The molecule has 3 atom stereocenters. The summed E-state index contributed by atoms with van der Waals surface area (Å²) in [7, 11) is 1.89. The topological polar surface area (TPSA) is 46.3 Å². The molecule has 1 aromatic rings. The zero-order chi connectivity index (χ0) is 13.1. The molecule has 3 unspecified atom stereocenters. The van der Waals surface area contributed by atoms with Crippen LogP contribution in [0.2, 0.25) is 0 Å². The van der Waals surface area contributed by atoms with Crippen LogP contribution in [0.3, 0.4) is 0 Å². The maximum absolute atomic E-state index is 12.4. The Hall–Kier alpha value is -1.35. The third-order valence-electron chi connectivity index (χ3n) is 3.90. The van der Waals surface area contributed by atoms with E-state index in [1.54, 1.807) is 0 Å². The molecule has 0 bridgehead atoms. The van der Waals surface area contributed by atoms with Gasteiger partial charge in [0.2, 0.25) is 5.91 Å². The number of hydrogen-bond donors (Lipinski definition) is 1. The van der Waals surface area contributed by atoms with Gasteiger partial charge in [0, 0.05) is 20.1 Å². The SMILES string of the molecule is CC1CC1CN(C)C(=O)C(CN)c1ccccc1. The van der Waals surface area contributed by atoms with Crippen molar-refractivity contribution in [2.75, 3.05) is 20.1 Å². The van der Waals surface area contributed by atoms with Crippen LogP contribution in [0, 0.1) is 11.8 Å². The Morgan fingerprint density at radius 1 is 1.44 bits per heavy atom. The molecule has 0 aromatic heterocycles. The van der Waals surface area contributed by atoms with Crippen molar-refractivity contribution in [3.05, 3.63) is 35.9 Å². The van der Waals surface area contributed by atoms with Gasteiger partial charge in [-0.15, -0.1) is 0 Å². The standard InChI is InChI=1S/C15H22N2O/c1-11-8-13(11)10-17(2)15(18)14(9-16)12-6-4-3-5-7-12/h3-7,11,13-14H,8-10,16H2,1-2H3. The van der Waals surface area contributed by atoms with E-state index in [2.05, 4.69) is 6.92 Å². The fourth-order valence-corrected chi connectivity index (χ4v) is 2.43. The van der Waals surface area contributed by atoms with Crippen LogP contribution < -0.4 is 5.73 Å². The van der Waals surface area contributed by atoms with Gasteiger partial charge >= 0.3 is 0 Å². The highest BCUT2D eigenvalue weighted by molar-refractivity contribution is 5.83. The summed E-state index contributed by atoms with van der Waals surface area (Å²) in [5.41, 5.74) is 6.78. The molecule has 18 heavy (non-hydrogen) atoms. The van der Waals surface area contributed by atoms with Crippen molar-refractivity contribution in [2.24, 2.45) is 17.6 Å². The van der Waals surface area contributed by atoms with E-state index in [0.717, 1.165) is 18.0 Å². The van der Waals surface area contributed by atoms with Crippen molar-refractivity contribution in [2.45, 2.75) is 19.3 Å². The summed E-state index contributed by atoms with van der Waals surface area (Å²) in [5.74, 6) is 1.40. The predicted molar refractivity (Wildman–Crippen MR) is 73.1 cm³/mol. The summed E-state index contributed by atoms with van der Waals surface area (Å²) in [6.45, 7) is 3.47. The molecule has 1 amide bonds. The summed E-state index contributed by atoms with van der Waals surface area (Å²) < 4.78 is 0. The Morgan fingerprint density at radius 3 is 2.56 bits per heavy atom. The van der Waals surface area contributed by atoms with Gasteiger partial charge in [-0.05, 0) is 23.8 Å².